The van der Waals surface area contributed by atoms with Gasteiger partial charge in [0.15, 0.2) is 6.29 Å². The molecule has 0 aliphatic heterocycles. The summed E-state index contributed by atoms with van der Waals surface area (Å²) in [4.78, 5) is 0. The molecule has 0 atom stereocenters. The maximum atomic E-state index is 9.45. The van der Waals surface area contributed by atoms with Crippen LogP contribution in [0.25, 0.3) is 0 Å². The molecule has 0 bridgehead atoms. The molecule has 0 heterocycles. The van der Waals surface area contributed by atoms with Crippen molar-refractivity contribution in [3.63, 3.8) is 0 Å². The smallest absolute Gasteiger partial charge is 0.154 e. The summed E-state index contributed by atoms with van der Waals surface area (Å²) in [6, 6.07) is 0. The zero-order chi connectivity index (χ0) is 15.1. The molecule has 20 heavy (non-hydrogen) atoms. The third-order valence-electron chi connectivity index (χ3n) is 4.28. The highest BCUT2D eigenvalue weighted by atomic mass is 16.5. The lowest BCUT2D eigenvalue weighted by molar-refractivity contribution is -0.0890. The van der Waals surface area contributed by atoms with Crippen LogP contribution in [0.4, 0.5) is 0 Å². The largest absolute Gasteiger partial charge is 0.368 e. The van der Waals surface area contributed by atoms with Gasteiger partial charge >= 0.3 is 0 Å². The molecule has 0 fully saturated rings. The molecular weight excluding hydrogens is 248 g/mol. The highest BCUT2D eigenvalue weighted by Gasteiger charge is 2.15. The fourth-order valence-electron chi connectivity index (χ4n) is 2.82. The van der Waals surface area contributed by atoms with Gasteiger partial charge in [0.1, 0.15) is 0 Å². The Morgan fingerprint density at radius 3 is 1.25 bits per heavy atom. The van der Waals surface area contributed by atoms with Gasteiger partial charge in [0.25, 0.3) is 0 Å². The summed E-state index contributed by atoms with van der Waals surface area (Å²) in [5, 5.41) is 18.9. The minimum absolute atomic E-state index is 0.104. The number of hydrogen-bond donors (Lipinski definition) is 2. The van der Waals surface area contributed by atoms with Crippen molar-refractivity contribution in [1.82, 2.24) is 0 Å². The SMILES string of the molecule is CCCCCCCCC(CCCCCCCC)C(O)O. The Labute approximate surface area is 127 Å². The van der Waals surface area contributed by atoms with Crippen LogP contribution in [0.1, 0.15) is 104 Å². The normalized spacial score (nSPS) is 11.7. The number of hydrogen-bond acceptors (Lipinski definition) is 2. The fourth-order valence-corrected chi connectivity index (χ4v) is 2.82. The first-order valence-electron chi connectivity index (χ1n) is 9.08. The van der Waals surface area contributed by atoms with Crippen LogP contribution in [0.5, 0.6) is 0 Å². The molecule has 0 aromatic rings. The summed E-state index contributed by atoms with van der Waals surface area (Å²) >= 11 is 0. The lowest BCUT2D eigenvalue weighted by atomic mass is 9.93. The molecule has 2 nitrogen and oxygen atoms in total. The van der Waals surface area contributed by atoms with Gasteiger partial charge < -0.3 is 10.2 Å². The van der Waals surface area contributed by atoms with Gasteiger partial charge in [-0.25, -0.2) is 0 Å². The second kappa shape index (κ2) is 15.3. The molecular formula is C18H38O2. The van der Waals surface area contributed by atoms with E-state index in [1.54, 1.807) is 0 Å². The third-order valence-corrected chi connectivity index (χ3v) is 4.28. The predicted molar refractivity (Wildman–Crippen MR) is 87.7 cm³/mol. The van der Waals surface area contributed by atoms with E-state index in [1.807, 2.05) is 0 Å². The van der Waals surface area contributed by atoms with Crippen molar-refractivity contribution in [2.24, 2.45) is 5.92 Å². The predicted octanol–water partition coefficient (Wildman–Crippen LogP) is 5.41. The Morgan fingerprint density at radius 1 is 0.550 bits per heavy atom. The van der Waals surface area contributed by atoms with Crippen LogP contribution in [0.2, 0.25) is 0 Å². The first kappa shape index (κ1) is 19.9. The van der Waals surface area contributed by atoms with Crippen LogP contribution in [0.15, 0.2) is 0 Å². The highest BCUT2D eigenvalue weighted by Crippen LogP contribution is 2.21. The van der Waals surface area contributed by atoms with Crippen LogP contribution >= 0.6 is 0 Å². The molecule has 0 amide bonds. The summed E-state index contributed by atoms with van der Waals surface area (Å²) in [6.45, 7) is 4.47. The van der Waals surface area contributed by atoms with Gasteiger partial charge in [0.05, 0.1) is 0 Å². The first-order valence-corrected chi connectivity index (χ1v) is 9.08. The van der Waals surface area contributed by atoms with E-state index in [0.29, 0.717) is 0 Å². The molecule has 0 saturated heterocycles. The molecule has 0 rings (SSSR count). The van der Waals surface area contributed by atoms with E-state index in [4.69, 9.17) is 0 Å². The van der Waals surface area contributed by atoms with Crippen molar-refractivity contribution in [3.05, 3.63) is 0 Å². The quantitative estimate of drug-likeness (QED) is 0.312. The topological polar surface area (TPSA) is 40.5 Å². The van der Waals surface area contributed by atoms with E-state index in [1.165, 1.54) is 64.2 Å². The van der Waals surface area contributed by atoms with Crippen molar-refractivity contribution in [1.29, 1.82) is 0 Å². The molecule has 122 valence electrons. The van der Waals surface area contributed by atoms with Crippen LogP contribution < -0.4 is 0 Å². The lowest BCUT2D eigenvalue weighted by Gasteiger charge is -2.18. The molecule has 0 aromatic heterocycles. The van der Waals surface area contributed by atoms with Crippen LogP contribution in [0, 0.1) is 5.92 Å². The summed E-state index contributed by atoms with van der Waals surface area (Å²) in [5.74, 6) is 0.104. The van der Waals surface area contributed by atoms with Crippen molar-refractivity contribution in [2.75, 3.05) is 0 Å². The standard InChI is InChI=1S/C18H38O2/c1-3-5-7-9-11-13-15-17(18(19)20)16-14-12-10-8-6-4-2/h17-20H,3-16H2,1-2H3. The van der Waals surface area contributed by atoms with Crippen molar-refractivity contribution >= 4 is 0 Å². The minimum Gasteiger partial charge on any atom is -0.368 e. The van der Waals surface area contributed by atoms with E-state index in [9.17, 15) is 10.2 Å². The molecule has 0 aromatic carbocycles. The van der Waals surface area contributed by atoms with Crippen molar-refractivity contribution in [2.45, 2.75) is 110 Å². The molecule has 0 aliphatic carbocycles. The molecule has 0 unspecified atom stereocenters. The maximum absolute atomic E-state index is 9.45. The minimum atomic E-state index is -1.11. The Kier molecular flexibility index (Phi) is 15.3. The van der Waals surface area contributed by atoms with Crippen LogP contribution in [0.3, 0.4) is 0 Å². The second-order valence-corrected chi connectivity index (χ2v) is 6.29. The van der Waals surface area contributed by atoms with E-state index >= 15 is 0 Å². The van der Waals surface area contributed by atoms with Crippen LogP contribution in [-0.4, -0.2) is 16.5 Å². The van der Waals surface area contributed by atoms with E-state index in [0.717, 1.165) is 25.7 Å². The van der Waals surface area contributed by atoms with Crippen molar-refractivity contribution in [3.8, 4) is 0 Å². The second-order valence-electron chi connectivity index (χ2n) is 6.29. The Bertz CT molecular complexity index is 164. The monoisotopic (exact) mass is 286 g/mol. The molecule has 0 saturated carbocycles. The molecule has 2 heteroatoms. The number of aliphatic hydroxyl groups excluding tert-OH is 1. The van der Waals surface area contributed by atoms with Gasteiger partial charge in [-0.15, -0.1) is 0 Å². The lowest BCUT2D eigenvalue weighted by Crippen LogP contribution is -2.19. The molecule has 0 spiro atoms. The number of rotatable bonds is 15. The summed E-state index contributed by atoms with van der Waals surface area (Å²) in [7, 11) is 0. The van der Waals surface area contributed by atoms with Gasteiger partial charge in [-0.1, -0.05) is 90.9 Å². The zero-order valence-electron chi connectivity index (χ0n) is 13.9. The Morgan fingerprint density at radius 2 is 0.900 bits per heavy atom. The third kappa shape index (κ3) is 12.9. The van der Waals surface area contributed by atoms with Gasteiger partial charge in [-0.05, 0) is 12.8 Å². The van der Waals surface area contributed by atoms with E-state index in [-0.39, 0.29) is 5.92 Å². The Balaban J connectivity index is 3.51. The fraction of sp³-hybridized carbons (Fsp3) is 1.00. The Hall–Kier alpha value is -0.0800. The van der Waals surface area contributed by atoms with Gasteiger partial charge in [-0.3, -0.25) is 0 Å². The number of unbranched alkanes of at least 4 members (excludes halogenated alkanes) is 10. The molecule has 2 N–H and O–H groups in total. The zero-order valence-corrected chi connectivity index (χ0v) is 13.9. The summed E-state index contributed by atoms with van der Waals surface area (Å²) < 4.78 is 0. The van der Waals surface area contributed by atoms with Crippen LogP contribution in [-0.2, 0) is 0 Å². The van der Waals surface area contributed by atoms with Gasteiger partial charge in [0, 0.05) is 5.92 Å². The van der Waals surface area contributed by atoms with E-state index < -0.39 is 6.29 Å². The van der Waals surface area contributed by atoms with Gasteiger partial charge in [0.2, 0.25) is 0 Å². The highest BCUT2D eigenvalue weighted by molar-refractivity contribution is 4.62. The van der Waals surface area contributed by atoms with Gasteiger partial charge in [-0.2, -0.15) is 0 Å². The van der Waals surface area contributed by atoms with E-state index in [2.05, 4.69) is 13.8 Å². The average Bonchev–Trinajstić information content (AvgIpc) is 2.43. The maximum Gasteiger partial charge on any atom is 0.154 e. The van der Waals surface area contributed by atoms with Crippen molar-refractivity contribution < 1.29 is 10.2 Å². The molecule has 0 aliphatic rings. The summed E-state index contributed by atoms with van der Waals surface area (Å²) in [5.41, 5.74) is 0. The molecule has 0 radical (unpaired) electrons. The summed E-state index contributed by atoms with van der Waals surface area (Å²) in [6.07, 6.45) is 16.2. The first-order chi connectivity index (χ1) is 9.72. The average molecular weight is 286 g/mol. The number of aliphatic hydroxyl groups is 2.